The van der Waals surface area contributed by atoms with Crippen molar-refractivity contribution in [1.82, 2.24) is 0 Å². The molecule has 3 N–H and O–H groups in total. The van der Waals surface area contributed by atoms with Gasteiger partial charge in [0.1, 0.15) is 0 Å². The first-order valence-corrected chi connectivity index (χ1v) is 4.10. The lowest BCUT2D eigenvalue weighted by molar-refractivity contribution is -0.0675. The summed E-state index contributed by atoms with van der Waals surface area (Å²) < 4.78 is 0. The van der Waals surface area contributed by atoms with E-state index >= 15 is 0 Å². The molecule has 1 aliphatic rings. The van der Waals surface area contributed by atoms with Gasteiger partial charge in [-0.15, -0.1) is 0 Å². The van der Waals surface area contributed by atoms with Crippen molar-refractivity contribution in [3.05, 3.63) is 12.2 Å². The summed E-state index contributed by atoms with van der Waals surface area (Å²) in [5.74, 6) is 0. The van der Waals surface area contributed by atoms with E-state index in [4.69, 9.17) is 10.2 Å². The van der Waals surface area contributed by atoms with Crippen LogP contribution in [0.25, 0.3) is 0 Å². The molecule has 12 heavy (non-hydrogen) atoms. The number of aliphatic hydroxyl groups is 3. The normalized spacial score (nSPS) is 42.4. The summed E-state index contributed by atoms with van der Waals surface area (Å²) in [7, 11) is 0. The third kappa shape index (κ3) is 1.01. The molecule has 0 unspecified atom stereocenters. The Balaban J connectivity index is 2.82. The Morgan fingerprint density at radius 3 is 2.08 bits per heavy atom. The predicted octanol–water partition coefficient (Wildman–Crippen LogP) is -0.0857. The molecule has 0 bridgehead atoms. The van der Waals surface area contributed by atoms with Gasteiger partial charge >= 0.3 is 0 Å². The first-order valence-electron chi connectivity index (χ1n) is 4.10. The van der Waals surface area contributed by atoms with Gasteiger partial charge in [0.15, 0.2) is 0 Å². The van der Waals surface area contributed by atoms with Crippen molar-refractivity contribution in [3.63, 3.8) is 0 Å². The van der Waals surface area contributed by atoms with Gasteiger partial charge in [0.25, 0.3) is 0 Å². The Morgan fingerprint density at radius 2 is 1.83 bits per heavy atom. The van der Waals surface area contributed by atoms with E-state index in [0.717, 1.165) is 0 Å². The maximum Gasteiger partial charge on any atom is 0.0867 e. The zero-order valence-electron chi connectivity index (χ0n) is 7.49. The molecule has 0 saturated carbocycles. The van der Waals surface area contributed by atoms with Crippen LogP contribution in [0, 0.1) is 10.8 Å². The van der Waals surface area contributed by atoms with E-state index in [0.29, 0.717) is 0 Å². The fraction of sp³-hybridized carbons (Fsp3) is 0.778. The van der Waals surface area contributed by atoms with Gasteiger partial charge < -0.3 is 15.3 Å². The van der Waals surface area contributed by atoms with E-state index in [1.165, 1.54) is 0 Å². The van der Waals surface area contributed by atoms with Crippen molar-refractivity contribution in [2.75, 3.05) is 13.2 Å². The van der Waals surface area contributed by atoms with Crippen LogP contribution < -0.4 is 0 Å². The molecule has 1 aliphatic carbocycles. The maximum atomic E-state index is 9.49. The highest BCUT2D eigenvalue weighted by molar-refractivity contribution is 5.26. The largest absolute Gasteiger partial charge is 0.395 e. The molecule has 3 nitrogen and oxygen atoms in total. The SMILES string of the molecule is C[C@@]1(CO)C=C[C@]1(C)[C@H](O)CO. The van der Waals surface area contributed by atoms with E-state index in [1.807, 2.05) is 26.0 Å². The first-order chi connectivity index (χ1) is 5.50. The second kappa shape index (κ2) is 2.83. The van der Waals surface area contributed by atoms with Crippen molar-refractivity contribution >= 4 is 0 Å². The molecule has 0 aromatic rings. The van der Waals surface area contributed by atoms with Gasteiger partial charge in [0, 0.05) is 10.8 Å². The molecule has 3 heteroatoms. The summed E-state index contributed by atoms with van der Waals surface area (Å²) in [6.45, 7) is 3.43. The summed E-state index contributed by atoms with van der Waals surface area (Å²) in [5, 5.41) is 27.4. The number of hydrogen-bond acceptors (Lipinski definition) is 3. The van der Waals surface area contributed by atoms with Crippen molar-refractivity contribution < 1.29 is 15.3 Å². The van der Waals surface area contributed by atoms with Gasteiger partial charge in [-0.1, -0.05) is 26.0 Å². The molecule has 0 spiro atoms. The van der Waals surface area contributed by atoms with Gasteiger partial charge in [-0.3, -0.25) is 0 Å². The van der Waals surface area contributed by atoms with Gasteiger partial charge in [0.2, 0.25) is 0 Å². The second-order valence-electron chi connectivity index (χ2n) is 3.89. The average molecular weight is 172 g/mol. The standard InChI is InChI=1S/C9H16O3/c1-8(6-11)3-4-9(8,2)7(12)5-10/h3-4,7,10-12H,5-6H2,1-2H3/t7-,8+,9-/m1/s1. The zero-order valence-corrected chi connectivity index (χ0v) is 7.49. The fourth-order valence-electron chi connectivity index (χ4n) is 1.54. The Hall–Kier alpha value is -0.380. The highest BCUT2D eigenvalue weighted by atomic mass is 16.3. The Morgan fingerprint density at radius 1 is 1.25 bits per heavy atom. The molecule has 0 aromatic carbocycles. The van der Waals surface area contributed by atoms with Crippen LogP contribution in [0.2, 0.25) is 0 Å². The monoisotopic (exact) mass is 172 g/mol. The van der Waals surface area contributed by atoms with Crippen LogP contribution in [-0.2, 0) is 0 Å². The van der Waals surface area contributed by atoms with Gasteiger partial charge in [-0.2, -0.15) is 0 Å². The summed E-state index contributed by atoms with van der Waals surface area (Å²) in [6.07, 6.45) is 2.91. The van der Waals surface area contributed by atoms with E-state index in [-0.39, 0.29) is 13.2 Å². The van der Waals surface area contributed by atoms with Crippen molar-refractivity contribution in [2.45, 2.75) is 20.0 Å². The van der Waals surface area contributed by atoms with Crippen LogP contribution in [-0.4, -0.2) is 34.6 Å². The van der Waals surface area contributed by atoms with E-state index < -0.39 is 16.9 Å². The maximum absolute atomic E-state index is 9.49. The van der Waals surface area contributed by atoms with Crippen molar-refractivity contribution in [2.24, 2.45) is 10.8 Å². The molecule has 0 radical (unpaired) electrons. The zero-order chi connectivity index (χ0) is 9.41. The molecule has 0 aromatic heterocycles. The molecule has 70 valence electrons. The summed E-state index contributed by atoms with van der Waals surface area (Å²) in [4.78, 5) is 0. The van der Waals surface area contributed by atoms with Crippen LogP contribution in [0.5, 0.6) is 0 Å². The van der Waals surface area contributed by atoms with E-state index in [2.05, 4.69) is 0 Å². The third-order valence-electron chi connectivity index (χ3n) is 3.22. The average Bonchev–Trinajstić information content (AvgIpc) is 2.11. The molecule has 3 atom stereocenters. The van der Waals surface area contributed by atoms with Crippen molar-refractivity contribution in [1.29, 1.82) is 0 Å². The lowest BCUT2D eigenvalue weighted by Crippen LogP contribution is -2.52. The molecule has 0 amide bonds. The second-order valence-corrected chi connectivity index (χ2v) is 3.89. The van der Waals surface area contributed by atoms with Crippen LogP contribution in [0.4, 0.5) is 0 Å². The summed E-state index contributed by atoms with van der Waals surface area (Å²) in [5.41, 5.74) is -0.883. The Kier molecular flexibility index (Phi) is 2.29. The molecule has 0 aliphatic heterocycles. The molecular formula is C9H16O3. The van der Waals surface area contributed by atoms with E-state index in [1.54, 1.807) is 0 Å². The minimum absolute atomic E-state index is 0.00292. The lowest BCUT2D eigenvalue weighted by Gasteiger charge is -2.51. The first kappa shape index (κ1) is 9.71. The topological polar surface area (TPSA) is 60.7 Å². The summed E-state index contributed by atoms with van der Waals surface area (Å²) in [6, 6.07) is 0. The smallest absolute Gasteiger partial charge is 0.0867 e. The third-order valence-corrected chi connectivity index (χ3v) is 3.22. The summed E-state index contributed by atoms with van der Waals surface area (Å²) >= 11 is 0. The highest BCUT2D eigenvalue weighted by Gasteiger charge is 2.51. The highest BCUT2D eigenvalue weighted by Crippen LogP contribution is 2.51. The Labute approximate surface area is 72.3 Å². The quantitative estimate of drug-likeness (QED) is 0.522. The van der Waals surface area contributed by atoms with Gasteiger partial charge in [0.05, 0.1) is 19.3 Å². The molecule has 0 heterocycles. The number of hydrogen-bond donors (Lipinski definition) is 3. The van der Waals surface area contributed by atoms with Crippen LogP contribution >= 0.6 is 0 Å². The minimum Gasteiger partial charge on any atom is -0.395 e. The van der Waals surface area contributed by atoms with E-state index in [9.17, 15) is 5.11 Å². The van der Waals surface area contributed by atoms with Gasteiger partial charge in [-0.05, 0) is 0 Å². The van der Waals surface area contributed by atoms with Crippen LogP contribution in [0.15, 0.2) is 12.2 Å². The predicted molar refractivity (Wildman–Crippen MR) is 45.5 cm³/mol. The van der Waals surface area contributed by atoms with Crippen LogP contribution in [0.1, 0.15) is 13.8 Å². The molecule has 0 saturated heterocycles. The minimum atomic E-state index is -0.792. The fourth-order valence-corrected chi connectivity index (χ4v) is 1.54. The molecule has 0 fully saturated rings. The number of aliphatic hydroxyl groups excluding tert-OH is 3. The van der Waals surface area contributed by atoms with Gasteiger partial charge in [-0.25, -0.2) is 0 Å². The number of rotatable bonds is 3. The molecular weight excluding hydrogens is 156 g/mol. The van der Waals surface area contributed by atoms with Crippen molar-refractivity contribution in [3.8, 4) is 0 Å². The molecule has 1 rings (SSSR count). The lowest BCUT2D eigenvalue weighted by atomic mass is 9.55. The Bertz CT molecular complexity index is 202. The van der Waals surface area contributed by atoms with Crippen LogP contribution in [0.3, 0.4) is 0 Å².